The van der Waals surface area contributed by atoms with Gasteiger partial charge < -0.3 is 5.11 Å². The molecule has 2 aromatic rings. The van der Waals surface area contributed by atoms with Crippen LogP contribution in [0.3, 0.4) is 0 Å². The van der Waals surface area contributed by atoms with E-state index in [9.17, 15) is 9.90 Å². The van der Waals surface area contributed by atoms with Gasteiger partial charge in [0.05, 0.1) is 5.57 Å². The van der Waals surface area contributed by atoms with E-state index in [2.05, 4.69) is 15.9 Å². The summed E-state index contributed by atoms with van der Waals surface area (Å²) in [7, 11) is 0. The third-order valence-corrected chi connectivity index (χ3v) is 3.48. The molecular formula is C17H15BrO2. The van der Waals surface area contributed by atoms with Crippen molar-refractivity contribution < 1.29 is 9.90 Å². The van der Waals surface area contributed by atoms with Gasteiger partial charge in [-0.05, 0) is 36.1 Å². The fourth-order valence-corrected chi connectivity index (χ4v) is 2.41. The van der Waals surface area contributed by atoms with Crippen molar-refractivity contribution in [1.82, 2.24) is 0 Å². The molecule has 102 valence electrons. The number of rotatable bonds is 5. The maximum Gasteiger partial charge on any atom is 0.335 e. The van der Waals surface area contributed by atoms with Gasteiger partial charge in [-0.1, -0.05) is 64.5 Å². The molecule has 0 bridgehead atoms. The van der Waals surface area contributed by atoms with E-state index in [4.69, 9.17) is 0 Å². The molecule has 0 saturated heterocycles. The maximum atomic E-state index is 11.4. The highest BCUT2D eigenvalue weighted by atomic mass is 79.9. The highest BCUT2D eigenvalue weighted by Crippen LogP contribution is 2.20. The Hall–Kier alpha value is -1.87. The molecule has 0 fully saturated rings. The summed E-state index contributed by atoms with van der Waals surface area (Å²) in [6, 6.07) is 17.4. The van der Waals surface area contributed by atoms with Gasteiger partial charge in [0.1, 0.15) is 0 Å². The number of carboxylic acids is 1. The predicted molar refractivity (Wildman–Crippen MR) is 84.5 cm³/mol. The molecule has 0 radical (unpaired) electrons. The molecule has 0 aliphatic rings. The van der Waals surface area contributed by atoms with Crippen LogP contribution in [-0.4, -0.2) is 11.1 Å². The Balaban J connectivity index is 2.13. The normalized spacial score (nSPS) is 11.3. The molecule has 0 atom stereocenters. The van der Waals surface area contributed by atoms with E-state index in [0.717, 1.165) is 16.5 Å². The molecule has 0 unspecified atom stereocenters. The summed E-state index contributed by atoms with van der Waals surface area (Å²) < 4.78 is 0.880. The van der Waals surface area contributed by atoms with Gasteiger partial charge in [0.15, 0.2) is 0 Å². The van der Waals surface area contributed by atoms with Crippen LogP contribution in [0.25, 0.3) is 5.57 Å². The van der Waals surface area contributed by atoms with Gasteiger partial charge in [0.2, 0.25) is 0 Å². The monoisotopic (exact) mass is 330 g/mol. The number of allylic oxidation sites excluding steroid dienone is 1. The number of halogens is 1. The molecule has 20 heavy (non-hydrogen) atoms. The Kier molecular flexibility index (Phi) is 5.13. The largest absolute Gasteiger partial charge is 0.478 e. The summed E-state index contributed by atoms with van der Waals surface area (Å²) in [4.78, 5) is 11.4. The van der Waals surface area contributed by atoms with E-state index in [1.165, 1.54) is 5.56 Å². The second kappa shape index (κ2) is 7.06. The van der Waals surface area contributed by atoms with Crippen LogP contribution in [0.5, 0.6) is 0 Å². The Morgan fingerprint density at radius 2 is 1.85 bits per heavy atom. The summed E-state index contributed by atoms with van der Waals surface area (Å²) in [6.45, 7) is 0. The topological polar surface area (TPSA) is 37.3 Å². The number of hydrogen-bond donors (Lipinski definition) is 1. The standard InChI is InChI=1S/C17H15BrO2/c18-15-10-5-9-14(12-15)16(17(19)20)11-4-8-13-6-2-1-3-7-13/h1-3,5-7,9-12H,4,8H2,(H,19,20). The summed E-state index contributed by atoms with van der Waals surface area (Å²) in [5, 5.41) is 9.33. The first kappa shape index (κ1) is 14.5. The lowest BCUT2D eigenvalue weighted by atomic mass is 10.0. The van der Waals surface area contributed by atoms with Gasteiger partial charge >= 0.3 is 5.97 Å². The van der Waals surface area contributed by atoms with Crippen molar-refractivity contribution in [1.29, 1.82) is 0 Å². The lowest BCUT2D eigenvalue weighted by molar-refractivity contribution is -0.130. The molecule has 1 N–H and O–H groups in total. The van der Waals surface area contributed by atoms with E-state index >= 15 is 0 Å². The predicted octanol–water partition coefficient (Wildman–Crippen LogP) is 4.55. The smallest absolute Gasteiger partial charge is 0.335 e. The third-order valence-electron chi connectivity index (χ3n) is 2.99. The Morgan fingerprint density at radius 1 is 1.10 bits per heavy atom. The summed E-state index contributed by atoms with van der Waals surface area (Å²) in [5.41, 5.74) is 2.28. The first-order valence-electron chi connectivity index (χ1n) is 6.40. The van der Waals surface area contributed by atoms with Crippen molar-refractivity contribution in [2.24, 2.45) is 0 Å². The molecule has 2 rings (SSSR count). The Labute approximate surface area is 126 Å². The molecule has 2 nitrogen and oxygen atoms in total. The van der Waals surface area contributed by atoms with E-state index in [-0.39, 0.29) is 0 Å². The lowest BCUT2D eigenvalue weighted by Crippen LogP contribution is -2.00. The minimum Gasteiger partial charge on any atom is -0.478 e. The van der Waals surface area contributed by atoms with Crippen LogP contribution in [0.2, 0.25) is 0 Å². The lowest BCUT2D eigenvalue weighted by Gasteiger charge is -2.04. The molecule has 3 heteroatoms. The van der Waals surface area contributed by atoms with Crippen molar-refractivity contribution in [3.63, 3.8) is 0 Å². The van der Waals surface area contributed by atoms with Crippen molar-refractivity contribution in [3.05, 3.63) is 76.3 Å². The molecule has 0 heterocycles. The van der Waals surface area contributed by atoms with E-state index < -0.39 is 5.97 Å². The van der Waals surface area contributed by atoms with Crippen LogP contribution in [0.4, 0.5) is 0 Å². The number of carboxylic acid groups (broad SMARTS) is 1. The molecule has 0 spiro atoms. The molecular weight excluding hydrogens is 316 g/mol. The summed E-state index contributed by atoms with van der Waals surface area (Å²) in [6.07, 6.45) is 3.33. The first-order chi connectivity index (χ1) is 9.66. The van der Waals surface area contributed by atoms with Crippen molar-refractivity contribution in [3.8, 4) is 0 Å². The number of aryl methyl sites for hydroxylation is 1. The second-order valence-electron chi connectivity index (χ2n) is 4.46. The van der Waals surface area contributed by atoms with Crippen molar-refractivity contribution in [2.45, 2.75) is 12.8 Å². The van der Waals surface area contributed by atoms with Crippen LogP contribution in [0.1, 0.15) is 17.5 Å². The molecule has 0 aliphatic carbocycles. The second-order valence-corrected chi connectivity index (χ2v) is 5.37. The van der Waals surface area contributed by atoms with E-state index in [1.54, 1.807) is 6.08 Å². The van der Waals surface area contributed by atoms with Gasteiger partial charge in [-0.15, -0.1) is 0 Å². The fraction of sp³-hybridized carbons (Fsp3) is 0.118. The Bertz CT molecular complexity index is 618. The minimum atomic E-state index is -0.892. The fourth-order valence-electron chi connectivity index (χ4n) is 2.01. The van der Waals surface area contributed by atoms with Gasteiger partial charge in [-0.2, -0.15) is 0 Å². The first-order valence-corrected chi connectivity index (χ1v) is 7.19. The molecule has 0 amide bonds. The SMILES string of the molecule is O=C(O)C(=CCCc1ccccc1)c1cccc(Br)c1. The van der Waals surface area contributed by atoms with Crippen LogP contribution in [0.15, 0.2) is 65.1 Å². The average Bonchev–Trinajstić information content (AvgIpc) is 2.44. The van der Waals surface area contributed by atoms with Gasteiger partial charge in [-0.25, -0.2) is 4.79 Å². The summed E-state index contributed by atoms with van der Waals surface area (Å²) in [5.74, 6) is -0.892. The van der Waals surface area contributed by atoms with E-state index in [0.29, 0.717) is 12.0 Å². The van der Waals surface area contributed by atoms with Gasteiger partial charge in [0, 0.05) is 4.47 Å². The number of benzene rings is 2. The zero-order valence-electron chi connectivity index (χ0n) is 10.9. The van der Waals surface area contributed by atoms with Crippen LogP contribution >= 0.6 is 15.9 Å². The number of carbonyl (C=O) groups is 1. The molecule has 2 aromatic carbocycles. The molecule has 0 aliphatic heterocycles. The number of hydrogen-bond acceptors (Lipinski definition) is 1. The van der Waals surface area contributed by atoms with E-state index in [1.807, 2.05) is 54.6 Å². The van der Waals surface area contributed by atoms with Crippen LogP contribution < -0.4 is 0 Å². The number of aliphatic carboxylic acids is 1. The average molecular weight is 331 g/mol. The van der Waals surface area contributed by atoms with Gasteiger partial charge in [-0.3, -0.25) is 0 Å². The maximum absolute atomic E-state index is 11.4. The zero-order valence-corrected chi connectivity index (χ0v) is 12.5. The minimum absolute atomic E-state index is 0.349. The highest BCUT2D eigenvalue weighted by molar-refractivity contribution is 9.10. The molecule has 0 aromatic heterocycles. The Morgan fingerprint density at radius 3 is 2.50 bits per heavy atom. The highest BCUT2D eigenvalue weighted by Gasteiger charge is 2.09. The molecule has 0 saturated carbocycles. The van der Waals surface area contributed by atoms with Crippen molar-refractivity contribution in [2.75, 3.05) is 0 Å². The summed E-state index contributed by atoms with van der Waals surface area (Å²) >= 11 is 3.36. The zero-order chi connectivity index (χ0) is 14.4. The van der Waals surface area contributed by atoms with Crippen molar-refractivity contribution >= 4 is 27.5 Å². The third kappa shape index (κ3) is 4.07. The van der Waals surface area contributed by atoms with Crippen LogP contribution in [0, 0.1) is 0 Å². The quantitative estimate of drug-likeness (QED) is 0.816. The van der Waals surface area contributed by atoms with Gasteiger partial charge in [0.25, 0.3) is 0 Å². The van der Waals surface area contributed by atoms with Crippen LogP contribution in [-0.2, 0) is 11.2 Å².